The number of hydrogen-bond donors (Lipinski definition) is 2. The first-order valence-corrected chi connectivity index (χ1v) is 6.08. The number of nitrogens with two attached hydrogens (primary N) is 1. The van der Waals surface area contributed by atoms with Crippen LogP contribution in [0.3, 0.4) is 0 Å². The van der Waals surface area contributed by atoms with E-state index in [2.05, 4.69) is 15.3 Å². The zero-order chi connectivity index (χ0) is 13.5. The van der Waals surface area contributed by atoms with Gasteiger partial charge in [0.05, 0.1) is 18.3 Å². The third kappa shape index (κ3) is 4.15. The molecule has 0 saturated heterocycles. The first kappa shape index (κ1) is 13.2. The van der Waals surface area contributed by atoms with Crippen molar-refractivity contribution in [3.05, 3.63) is 60.2 Å². The Labute approximate surface area is 111 Å². The lowest BCUT2D eigenvalue weighted by Crippen LogP contribution is -2.41. The highest BCUT2D eigenvalue weighted by Gasteiger charge is 2.13. The van der Waals surface area contributed by atoms with Gasteiger partial charge in [-0.3, -0.25) is 4.79 Å². The van der Waals surface area contributed by atoms with Crippen LogP contribution in [-0.4, -0.2) is 21.9 Å². The van der Waals surface area contributed by atoms with E-state index in [0.717, 1.165) is 11.3 Å². The smallest absolute Gasteiger partial charge is 0.237 e. The van der Waals surface area contributed by atoms with E-state index in [1.165, 1.54) is 6.33 Å². The number of carbonyl (C=O) groups excluding carboxylic acids is 1. The normalized spacial score (nSPS) is 11.8. The summed E-state index contributed by atoms with van der Waals surface area (Å²) in [7, 11) is 0. The second-order valence-electron chi connectivity index (χ2n) is 4.21. The summed E-state index contributed by atoms with van der Waals surface area (Å²) < 4.78 is 0. The third-order valence-electron chi connectivity index (χ3n) is 2.72. The molecule has 5 heteroatoms. The van der Waals surface area contributed by atoms with Gasteiger partial charge < -0.3 is 11.1 Å². The molecule has 0 radical (unpaired) electrons. The van der Waals surface area contributed by atoms with Gasteiger partial charge in [-0.1, -0.05) is 30.3 Å². The summed E-state index contributed by atoms with van der Waals surface area (Å²) in [6.07, 6.45) is 3.61. The summed E-state index contributed by atoms with van der Waals surface area (Å²) in [4.78, 5) is 19.7. The van der Waals surface area contributed by atoms with Gasteiger partial charge in [0, 0.05) is 6.20 Å². The zero-order valence-electron chi connectivity index (χ0n) is 10.5. The van der Waals surface area contributed by atoms with Crippen LogP contribution in [0.15, 0.2) is 48.9 Å². The molecule has 0 aliphatic heterocycles. The first-order valence-electron chi connectivity index (χ1n) is 6.08. The van der Waals surface area contributed by atoms with Crippen LogP contribution in [0.5, 0.6) is 0 Å². The molecule has 98 valence electrons. The van der Waals surface area contributed by atoms with Crippen molar-refractivity contribution in [2.75, 3.05) is 0 Å². The molecule has 1 heterocycles. The summed E-state index contributed by atoms with van der Waals surface area (Å²) in [6.45, 7) is 0.365. The van der Waals surface area contributed by atoms with E-state index in [0.29, 0.717) is 13.0 Å². The van der Waals surface area contributed by atoms with Gasteiger partial charge in [-0.2, -0.15) is 0 Å². The van der Waals surface area contributed by atoms with Gasteiger partial charge in [0.2, 0.25) is 5.91 Å². The average molecular weight is 256 g/mol. The van der Waals surface area contributed by atoms with E-state index in [1.54, 1.807) is 12.3 Å². The van der Waals surface area contributed by atoms with Gasteiger partial charge in [0.1, 0.15) is 6.33 Å². The molecule has 19 heavy (non-hydrogen) atoms. The topological polar surface area (TPSA) is 80.9 Å². The van der Waals surface area contributed by atoms with Gasteiger partial charge >= 0.3 is 0 Å². The number of amides is 1. The Kier molecular flexibility index (Phi) is 4.58. The minimum absolute atomic E-state index is 0.178. The van der Waals surface area contributed by atoms with Crippen LogP contribution in [0, 0.1) is 0 Å². The number of nitrogens with one attached hydrogen (secondary N) is 1. The fraction of sp³-hybridized carbons (Fsp3) is 0.214. The lowest BCUT2D eigenvalue weighted by molar-refractivity contribution is -0.122. The SMILES string of the molecule is NC(Cc1ccccc1)C(=O)NCc1ccncn1. The molecule has 5 nitrogen and oxygen atoms in total. The molecular weight excluding hydrogens is 240 g/mol. The minimum atomic E-state index is -0.552. The van der Waals surface area contributed by atoms with E-state index >= 15 is 0 Å². The number of carbonyl (C=O) groups is 1. The molecule has 0 bridgehead atoms. The second-order valence-corrected chi connectivity index (χ2v) is 4.21. The zero-order valence-corrected chi connectivity index (χ0v) is 10.5. The molecule has 0 fully saturated rings. The molecule has 1 amide bonds. The molecule has 1 aromatic carbocycles. The van der Waals surface area contributed by atoms with E-state index < -0.39 is 6.04 Å². The Balaban J connectivity index is 1.83. The molecular formula is C14H16N4O. The van der Waals surface area contributed by atoms with Gasteiger partial charge in [-0.15, -0.1) is 0 Å². The maximum Gasteiger partial charge on any atom is 0.237 e. The maximum atomic E-state index is 11.8. The number of aromatic nitrogens is 2. The van der Waals surface area contributed by atoms with Gasteiger partial charge in [-0.05, 0) is 18.1 Å². The molecule has 1 aromatic heterocycles. The van der Waals surface area contributed by atoms with Crippen LogP contribution in [-0.2, 0) is 17.8 Å². The number of rotatable bonds is 5. The maximum absolute atomic E-state index is 11.8. The highest BCUT2D eigenvalue weighted by Crippen LogP contribution is 2.02. The molecule has 1 atom stereocenters. The second kappa shape index (κ2) is 6.61. The van der Waals surface area contributed by atoms with Crippen molar-refractivity contribution >= 4 is 5.91 Å². The number of benzene rings is 1. The molecule has 0 saturated carbocycles. The fourth-order valence-corrected chi connectivity index (χ4v) is 1.69. The first-order chi connectivity index (χ1) is 9.25. The molecule has 0 spiro atoms. The average Bonchev–Trinajstić information content (AvgIpc) is 2.47. The molecule has 1 unspecified atom stereocenters. The summed E-state index contributed by atoms with van der Waals surface area (Å²) in [5, 5.41) is 2.76. The molecule has 0 aliphatic rings. The Morgan fingerprint density at radius 2 is 2.05 bits per heavy atom. The Bertz CT molecular complexity index is 515. The minimum Gasteiger partial charge on any atom is -0.349 e. The monoisotopic (exact) mass is 256 g/mol. The molecule has 0 aliphatic carbocycles. The van der Waals surface area contributed by atoms with E-state index in [9.17, 15) is 4.79 Å². The lowest BCUT2D eigenvalue weighted by atomic mass is 10.1. The van der Waals surface area contributed by atoms with Crippen molar-refractivity contribution in [2.24, 2.45) is 5.73 Å². The van der Waals surface area contributed by atoms with Crippen LogP contribution in [0.25, 0.3) is 0 Å². The third-order valence-corrected chi connectivity index (χ3v) is 2.72. The van der Waals surface area contributed by atoms with Crippen molar-refractivity contribution in [3.63, 3.8) is 0 Å². The Morgan fingerprint density at radius 1 is 1.26 bits per heavy atom. The summed E-state index contributed by atoms with van der Waals surface area (Å²) in [5.74, 6) is -0.178. The number of nitrogens with zero attached hydrogens (tertiary/aromatic N) is 2. The van der Waals surface area contributed by atoms with Crippen molar-refractivity contribution in [1.82, 2.24) is 15.3 Å². The summed E-state index contributed by atoms with van der Waals surface area (Å²) >= 11 is 0. The van der Waals surface area contributed by atoms with Gasteiger partial charge in [0.25, 0.3) is 0 Å². The van der Waals surface area contributed by atoms with Crippen LogP contribution in [0.2, 0.25) is 0 Å². The van der Waals surface area contributed by atoms with Crippen LogP contribution in [0.1, 0.15) is 11.3 Å². The standard InChI is InChI=1S/C14H16N4O/c15-13(8-11-4-2-1-3-5-11)14(19)17-9-12-6-7-16-10-18-12/h1-7,10,13H,8-9,15H2,(H,17,19). The quantitative estimate of drug-likeness (QED) is 0.823. The van der Waals surface area contributed by atoms with Crippen LogP contribution < -0.4 is 11.1 Å². The molecule has 2 aromatic rings. The van der Waals surface area contributed by atoms with Crippen molar-refractivity contribution in [3.8, 4) is 0 Å². The van der Waals surface area contributed by atoms with Gasteiger partial charge in [0.15, 0.2) is 0 Å². The van der Waals surface area contributed by atoms with Crippen LogP contribution in [0.4, 0.5) is 0 Å². The predicted octanol–water partition coefficient (Wildman–Crippen LogP) is 0.663. The van der Waals surface area contributed by atoms with E-state index in [1.807, 2.05) is 30.3 Å². The van der Waals surface area contributed by atoms with Gasteiger partial charge in [-0.25, -0.2) is 9.97 Å². The fourth-order valence-electron chi connectivity index (χ4n) is 1.69. The number of hydrogen-bond acceptors (Lipinski definition) is 4. The van der Waals surface area contributed by atoms with E-state index in [-0.39, 0.29) is 5.91 Å². The molecule has 2 rings (SSSR count). The molecule has 3 N–H and O–H groups in total. The van der Waals surface area contributed by atoms with Crippen molar-refractivity contribution in [2.45, 2.75) is 19.0 Å². The lowest BCUT2D eigenvalue weighted by Gasteiger charge is -2.12. The highest BCUT2D eigenvalue weighted by molar-refractivity contribution is 5.81. The highest BCUT2D eigenvalue weighted by atomic mass is 16.2. The summed E-state index contributed by atoms with van der Waals surface area (Å²) in [5.41, 5.74) is 7.68. The Hall–Kier alpha value is -2.27. The predicted molar refractivity (Wildman–Crippen MR) is 72.0 cm³/mol. The Morgan fingerprint density at radius 3 is 2.74 bits per heavy atom. The van der Waals surface area contributed by atoms with Crippen LogP contribution >= 0.6 is 0 Å². The largest absolute Gasteiger partial charge is 0.349 e. The van der Waals surface area contributed by atoms with Crippen molar-refractivity contribution in [1.29, 1.82) is 0 Å². The van der Waals surface area contributed by atoms with Crippen molar-refractivity contribution < 1.29 is 4.79 Å². The summed E-state index contributed by atoms with van der Waals surface area (Å²) in [6, 6.07) is 10.9. The van der Waals surface area contributed by atoms with E-state index in [4.69, 9.17) is 5.73 Å².